The van der Waals surface area contributed by atoms with Crippen LogP contribution in [0.3, 0.4) is 0 Å². The highest BCUT2D eigenvalue weighted by Crippen LogP contribution is 2.13. The van der Waals surface area contributed by atoms with Crippen molar-refractivity contribution in [3.8, 4) is 11.8 Å². The van der Waals surface area contributed by atoms with Gasteiger partial charge in [0.05, 0.1) is 5.56 Å². The fraction of sp³-hybridized carbons (Fsp3) is 0.438. The molecule has 0 atom stereocenters. The Balaban J connectivity index is 2.16. The summed E-state index contributed by atoms with van der Waals surface area (Å²) >= 11 is 0. The average molecular weight is 273 g/mol. The molecule has 20 heavy (non-hydrogen) atoms. The van der Waals surface area contributed by atoms with Gasteiger partial charge < -0.3 is 15.2 Å². The Morgan fingerprint density at radius 1 is 1.45 bits per heavy atom. The normalized spacial score (nSPS) is 15.3. The summed E-state index contributed by atoms with van der Waals surface area (Å²) in [6.45, 7) is 3.11. The molecular formula is C16H19NO3. The molecule has 0 aromatic heterocycles. The lowest BCUT2D eigenvalue weighted by Gasteiger charge is -2.23. The Bertz CT molecular complexity index is 536. The number of carbonyl (C=O) groups excluding carboxylic acids is 1. The summed E-state index contributed by atoms with van der Waals surface area (Å²) in [5.74, 6) is 5.30. The summed E-state index contributed by atoms with van der Waals surface area (Å²) in [4.78, 5) is 12.4. The first-order valence-corrected chi connectivity index (χ1v) is 6.79. The minimum Gasteiger partial charge on any atom is -0.384 e. The monoisotopic (exact) mass is 273 g/mol. The average Bonchev–Trinajstić information content (AvgIpc) is 2.47. The smallest absolute Gasteiger partial charge is 0.252 e. The standard InChI is InChI=1S/C16H19NO3/c1-12-4-5-13(3-2-8-18)15(11-12)16(19)17-14-6-9-20-10-7-14/h4-5,11,14,18H,6-10H2,1H3,(H,17,19). The number of aliphatic hydroxyl groups is 1. The molecule has 106 valence electrons. The fourth-order valence-electron chi connectivity index (χ4n) is 2.19. The van der Waals surface area contributed by atoms with E-state index in [2.05, 4.69) is 17.2 Å². The van der Waals surface area contributed by atoms with Crippen LogP contribution in [0.15, 0.2) is 18.2 Å². The summed E-state index contributed by atoms with van der Waals surface area (Å²) in [6.07, 6.45) is 1.68. The topological polar surface area (TPSA) is 58.6 Å². The van der Waals surface area contributed by atoms with E-state index in [1.54, 1.807) is 0 Å². The molecule has 2 N–H and O–H groups in total. The first kappa shape index (κ1) is 14.6. The van der Waals surface area contributed by atoms with Gasteiger partial charge in [0.15, 0.2) is 0 Å². The minimum absolute atomic E-state index is 0.108. The van der Waals surface area contributed by atoms with Crippen molar-refractivity contribution in [2.45, 2.75) is 25.8 Å². The van der Waals surface area contributed by atoms with Gasteiger partial charge in [-0.2, -0.15) is 0 Å². The molecule has 0 spiro atoms. The molecule has 0 unspecified atom stereocenters. The van der Waals surface area contributed by atoms with E-state index in [0.717, 1.165) is 18.4 Å². The van der Waals surface area contributed by atoms with E-state index in [1.165, 1.54) is 0 Å². The Morgan fingerprint density at radius 2 is 2.20 bits per heavy atom. The summed E-state index contributed by atoms with van der Waals surface area (Å²) in [7, 11) is 0. The summed E-state index contributed by atoms with van der Waals surface area (Å²) in [5, 5.41) is 11.8. The maximum absolute atomic E-state index is 12.4. The van der Waals surface area contributed by atoms with Crippen molar-refractivity contribution in [2.24, 2.45) is 0 Å². The van der Waals surface area contributed by atoms with Crippen LogP contribution in [0.4, 0.5) is 0 Å². The highest BCUT2D eigenvalue weighted by Gasteiger charge is 2.18. The van der Waals surface area contributed by atoms with Crippen LogP contribution in [-0.2, 0) is 4.74 Å². The predicted octanol–water partition coefficient (Wildman–Crippen LogP) is 1.25. The summed E-state index contributed by atoms with van der Waals surface area (Å²) in [6, 6.07) is 5.72. The molecule has 2 rings (SSSR count). The molecule has 0 saturated carbocycles. The van der Waals surface area contributed by atoms with Gasteiger partial charge in [-0.3, -0.25) is 4.79 Å². The Hall–Kier alpha value is -1.83. The molecule has 0 aliphatic carbocycles. The molecule has 1 fully saturated rings. The number of ether oxygens (including phenoxy) is 1. The predicted molar refractivity (Wildman–Crippen MR) is 76.5 cm³/mol. The van der Waals surface area contributed by atoms with Crippen molar-refractivity contribution in [2.75, 3.05) is 19.8 Å². The second kappa shape index (κ2) is 7.09. The van der Waals surface area contributed by atoms with Crippen LogP contribution in [0.25, 0.3) is 0 Å². The molecule has 1 aliphatic rings. The molecule has 1 amide bonds. The third-order valence-corrected chi connectivity index (χ3v) is 3.28. The van der Waals surface area contributed by atoms with Crippen molar-refractivity contribution < 1.29 is 14.6 Å². The van der Waals surface area contributed by atoms with Crippen molar-refractivity contribution >= 4 is 5.91 Å². The zero-order valence-electron chi connectivity index (χ0n) is 11.6. The number of aryl methyl sites for hydroxylation is 1. The summed E-state index contributed by atoms with van der Waals surface area (Å²) in [5.41, 5.74) is 2.23. The van der Waals surface area contributed by atoms with E-state index in [4.69, 9.17) is 9.84 Å². The van der Waals surface area contributed by atoms with Crippen LogP contribution < -0.4 is 5.32 Å². The van der Waals surface area contributed by atoms with Gasteiger partial charge in [-0.1, -0.05) is 23.5 Å². The number of rotatable bonds is 2. The number of aliphatic hydroxyl groups excluding tert-OH is 1. The molecule has 1 heterocycles. The van der Waals surface area contributed by atoms with Gasteiger partial charge in [0.25, 0.3) is 5.91 Å². The SMILES string of the molecule is Cc1ccc(C#CCO)c(C(=O)NC2CCOCC2)c1. The van der Waals surface area contributed by atoms with Gasteiger partial charge >= 0.3 is 0 Å². The van der Waals surface area contributed by atoms with E-state index in [-0.39, 0.29) is 18.6 Å². The second-order valence-corrected chi connectivity index (χ2v) is 4.87. The third kappa shape index (κ3) is 3.83. The van der Waals surface area contributed by atoms with Gasteiger partial charge in [-0.25, -0.2) is 0 Å². The lowest BCUT2D eigenvalue weighted by molar-refractivity contribution is 0.0696. The number of hydrogen-bond donors (Lipinski definition) is 2. The lowest BCUT2D eigenvalue weighted by Crippen LogP contribution is -2.39. The number of hydrogen-bond acceptors (Lipinski definition) is 3. The first-order valence-electron chi connectivity index (χ1n) is 6.79. The number of nitrogens with one attached hydrogen (secondary N) is 1. The zero-order valence-corrected chi connectivity index (χ0v) is 11.6. The second-order valence-electron chi connectivity index (χ2n) is 4.87. The van der Waals surface area contributed by atoms with Gasteiger partial charge in [0.1, 0.15) is 6.61 Å². The van der Waals surface area contributed by atoms with E-state index in [1.807, 2.05) is 25.1 Å². The molecule has 4 nitrogen and oxygen atoms in total. The van der Waals surface area contributed by atoms with E-state index in [9.17, 15) is 4.79 Å². The maximum atomic E-state index is 12.4. The van der Waals surface area contributed by atoms with Crippen LogP contribution in [0.5, 0.6) is 0 Å². The van der Waals surface area contributed by atoms with E-state index < -0.39 is 0 Å². The third-order valence-electron chi connectivity index (χ3n) is 3.28. The molecule has 4 heteroatoms. The quantitative estimate of drug-likeness (QED) is 0.797. The Morgan fingerprint density at radius 3 is 2.90 bits per heavy atom. The zero-order chi connectivity index (χ0) is 14.4. The van der Waals surface area contributed by atoms with Gasteiger partial charge in [0.2, 0.25) is 0 Å². The molecule has 1 aromatic carbocycles. The number of carbonyl (C=O) groups is 1. The largest absolute Gasteiger partial charge is 0.384 e. The summed E-state index contributed by atoms with van der Waals surface area (Å²) < 4.78 is 5.28. The molecule has 1 saturated heterocycles. The van der Waals surface area contributed by atoms with Gasteiger partial charge in [0, 0.05) is 24.8 Å². The van der Waals surface area contributed by atoms with Crippen LogP contribution in [0.1, 0.15) is 34.3 Å². The number of amides is 1. The molecule has 0 bridgehead atoms. The van der Waals surface area contributed by atoms with Crippen LogP contribution in [0, 0.1) is 18.8 Å². The van der Waals surface area contributed by atoms with Crippen LogP contribution >= 0.6 is 0 Å². The van der Waals surface area contributed by atoms with Crippen molar-refractivity contribution in [1.82, 2.24) is 5.32 Å². The van der Waals surface area contributed by atoms with Crippen LogP contribution in [-0.4, -0.2) is 36.9 Å². The van der Waals surface area contributed by atoms with Crippen molar-refractivity contribution in [3.05, 3.63) is 34.9 Å². The first-order chi connectivity index (χ1) is 9.70. The van der Waals surface area contributed by atoms with Crippen molar-refractivity contribution in [3.63, 3.8) is 0 Å². The van der Waals surface area contributed by atoms with Gasteiger partial charge in [-0.15, -0.1) is 0 Å². The van der Waals surface area contributed by atoms with E-state index in [0.29, 0.717) is 24.3 Å². The maximum Gasteiger partial charge on any atom is 0.252 e. The number of benzene rings is 1. The fourth-order valence-corrected chi connectivity index (χ4v) is 2.19. The van der Waals surface area contributed by atoms with Crippen LogP contribution in [0.2, 0.25) is 0 Å². The highest BCUT2D eigenvalue weighted by molar-refractivity contribution is 5.97. The Labute approximate surface area is 119 Å². The minimum atomic E-state index is -0.213. The van der Waals surface area contributed by atoms with E-state index >= 15 is 0 Å². The molecule has 1 aliphatic heterocycles. The Kier molecular flexibility index (Phi) is 5.16. The highest BCUT2D eigenvalue weighted by atomic mass is 16.5. The lowest BCUT2D eigenvalue weighted by atomic mass is 10.0. The van der Waals surface area contributed by atoms with Crippen molar-refractivity contribution in [1.29, 1.82) is 0 Å². The molecule has 0 radical (unpaired) electrons. The molecular weight excluding hydrogens is 254 g/mol. The molecule has 1 aromatic rings. The van der Waals surface area contributed by atoms with Gasteiger partial charge in [-0.05, 0) is 31.9 Å².